The maximum atomic E-state index is 8.95. The van der Waals surface area contributed by atoms with E-state index in [4.69, 9.17) is 11.0 Å². The Bertz CT molecular complexity index is 354. The highest BCUT2D eigenvalue weighted by atomic mass is 15.2. The van der Waals surface area contributed by atoms with Gasteiger partial charge in [0.1, 0.15) is 6.04 Å². The minimum absolute atomic E-state index is 0.144. The molecule has 0 saturated heterocycles. The molecule has 0 amide bonds. The zero-order valence-corrected chi connectivity index (χ0v) is 9.27. The number of para-hydroxylation sites is 2. The van der Waals surface area contributed by atoms with Crippen molar-refractivity contribution >= 4 is 11.4 Å². The van der Waals surface area contributed by atoms with E-state index in [-0.39, 0.29) is 6.04 Å². The molecule has 0 aliphatic rings. The second-order valence-corrected chi connectivity index (χ2v) is 3.56. The van der Waals surface area contributed by atoms with Gasteiger partial charge < -0.3 is 10.6 Å². The Morgan fingerprint density at radius 1 is 1.47 bits per heavy atom. The van der Waals surface area contributed by atoms with Gasteiger partial charge in [-0.15, -0.1) is 0 Å². The van der Waals surface area contributed by atoms with Crippen LogP contribution in [0.2, 0.25) is 0 Å². The topological polar surface area (TPSA) is 53.0 Å². The predicted octanol–water partition coefficient (Wildman–Crippen LogP) is 2.40. The van der Waals surface area contributed by atoms with Gasteiger partial charge in [-0.1, -0.05) is 19.1 Å². The van der Waals surface area contributed by atoms with Crippen LogP contribution in [0.4, 0.5) is 11.4 Å². The summed E-state index contributed by atoms with van der Waals surface area (Å²) in [6.45, 7) is 4.83. The van der Waals surface area contributed by atoms with E-state index in [1.165, 1.54) is 0 Å². The number of nitrogen functional groups attached to an aromatic ring is 1. The number of hydrogen-bond donors (Lipinski definition) is 1. The molecule has 1 rings (SSSR count). The van der Waals surface area contributed by atoms with Gasteiger partial charge in [-0.25, -0.2) is 0 Å². The lowest BCUT2D eigenvalue weighted by molar-refractivity contribution is 0.723. The first-order valence-corrected chi connectivity index (χ1v) is 5.21. The van der Waals surface area contributed by atoms with Crippen LogP contribution in [-0.2, 0) is 0 Å². The molecule has 2 N–H and O–H groups in total. The molecular formula is C12H17N3. The highest BCUT2D eigenvalue weighted by Gasteiger charge is 2.14. The van der Waals surface area contributed by atoms with Gasteiger partial charge in [0.25, 0.3) is 0 Å². The lowest BCUT2D eigenvalue weighted by atomic mass is 10.2. The van der Waals surface area contributed by atoms with Gasteiger partial charge in [0.15, 0.2) is 0 Å². The minimum Gasteiger partial charge on any atom is -0.397 e. The summed E-state index contributed by atoms with van der Waals surface area (Å²) >= 11 is 0. The molecule has 0 heterocycles. The van der Waals surface area contributed by atoms with Gasteiger partial charge in [0.2, 0.25) is 0 Å². The number of nitriles is 1. The Morgan fingerprint density at radius 2 is 2.13 bits per heavy atom. The van der Waals surface area contributed by atoms with E-state index in [1.807, 2.05) is 36.1 Å². The van der Waals surface area contributed by atoms with Crippen LogP contribution < -0.4 is 10.6 Å². The number of anilines is 2. The SMILES string of the molecule is CCCN(c1ccccc1N)C(C)C#N. The summed E-state index contributed by atoms with van der Waals surface area (Å²) in [5.41, 5.74) is 7.58. The second-order valence-electron chi connectivity index (χ2n) is 3.56. The van der Waals surface area contributed by atoms with E-state index >= 15 is 0 Å². The lowest BCUT2D eigenvalue weighted by Crippen LogP contribution is -2.33. The summed E-state index contributed by atoms with van der Waals surface area (Å²) in [5, 5.41) is 8.95. The van der Waals surface area contributed by atoms with Crippen LogP contribution in [0, 0.1) is 11.3 Å². The van der Waals surface area contributed by atoms with Gasteiger partial charge in [-0.05, 0) is 25.5 Å². The molecule has 0 spiro atoms. The number of nitrogens with two attached hydrogens (primary N) is 1. The summed E-state index contributed by atoms with van der Waals surface area (Å²) < 4.78 is 0. The van der Waals surface area contributed by atoms with E-state index < -0.39 is 0 Å². The quantitative estimate of drug-likeness (QED) is 0.764. The zero-order valence-electron chi connectivity index (χ0n) is 9.27. The van der Waals surface area contributed by atoms with Crippen LogP contribution in [0.15, 0.2) is 24.3 Å². The van der Waals surface area contributed by atoms with Crippen molar-refractivity contribution in [3.8, 4) is 6.07 Å². The average molecular weight is 203 g/mol. The Hall–Kier alpha value is -1.69. The first-order valence-electron chi connectivity index (χ1n) is 5.21. The molecule has 1 aromatic rings. The normalized spacial score (nSPS) is 11.8. The monoisotopic (exact) mass is 203 g/mol. The van der Waals surface area contributed by atoms with Crippen LogP contribution in [0.25, 0.3) is 0 Å². The van der Waals surface area contributed by atoms with E-state index in [0.29, 0.717) is 0 Å². The molecule has 0 bridgehead atoms. The first kappa shape index (κ1) is 11.4. The van der Waals surface area contributed by atoms with Crippen LogP contribution >= 0.6 is 0 Å². The molecule has 0 aromatic heterocycles. The van der Waals surface area contributed by atoms with Crippen LogP contribution in [0.5, 0.6) is 0 Å². The van der Waals surface area contributed by atoms with Crippen molar-refractivity contribution in [1.82, 2.24) is 0 Å². The smallest absolute Gasteiger partial charge is 0.114 e. The summed E-state index contributed by atoms with van der Waals surface area (Å²) in [4.78, 5) is 2.04. The largest absolute Gasteiger partial charge is 0.397 e. The molecule has 80 valence electrons. The van der Waals surface area contributed by atoms with Gasteiger partial charge in [0.05, 0.1) is 17.4 Å². The molecule has 0 radical (unpaired) electrons. The average Bonchev–Trinajstić information content (AvgIpc) is 2.26. The number of nitrogens with zero attached hydrogens (tertiary/aromatic N) is 2. The molecule has 1 atom stereocenters. The fourth-order valence-corrected chi connectivity index (χ4v) is 1.58. The van der Waals surface area contributed by atoms with Crippen molar-refractivity contribution in [3.63, 3.8) is 0 Å². The van der Waals surface area contributed by atoms with Gasteiger partial charge in [-0.3, -0.25) is 0 Å². The van der Waals surface area contributed by atoms with Gasteiger partial charge >= 0.3 is 0 Å². The van der Waals surface area contributed by atoms with Crippen molar-refractivity contribution in [2.75, 3.05) is 17.2 Å². The summed E-state index contributed by atoms with van der Waals surface area (Å²) in [6, 6.07) is 9.77. The summed E-state index contributed by atoms with van der Waals surface area (Å²) in [6.07, 6.45) is 1.00. The summed E-state index contributed by atoms with van der Waals surface area (Å²) in [7, 11) is 0. The Labute approximate surface area is 91.1 Å². The van der Waals surface area contributed by atoms with Crippen molar-refractivity contribution in [1.29, 1.82) is 5.26 Å². The highest BCUT2D eigenvalue weighted by molar-refractivity contribution is 5.68. The van der Waals surface area contributed by atoms with Gasteiger partial charge in [-0.2, -0.15) is 5.26 Å². The Morgan fingerprint density at radius 3 is 2.67 bits per heavy atom. The third kappa shape index (κ3) is 2.63. The maximum absolute atomic E-state index is 8.95. The lowest BCUT2D eigenvalue weighted by Gasteiger charge is -2.27. The van der Waals surface area contributed by atoms with E-state index in [1.54, 1.807) is 0 Å². The second kappa shape index (κ2) is 5.26. The molecular weight excluding hydrogens is 186 g/mol. The molecule has 0 aliphatic carbocycles. The van der Waals surface area contributed by atoms with Crippen molar-refractivity contribution in [3.05, 3.63) is 24.3 Å². The first-order chi connectivity index (χ1) is 7.20. The molecule has 1 unspecified atom stereocenters. The molecule has 3 nitrogen and oxygen atoms in total. The van der Waals surface area contributed by atoms with Crippen LogP contribution in [0.3, 0.4) is 0 Å². The molecule has 0 saturated carbocycles. The highest BCUT2D eigenvalue weighted by Crippen LogP contribution is 2.24. The zero-order chi connectivity index (χ0) is 11.3. The fourth-order valence-electron chi connectivity index (χ4n) is 1.58. The Kier molecular flexibility index (Phi) is 3.99. The van der Waals surface area contributed by atoms with Crippen molar-refractivity contribution in [2.24, 2.45) is 0 Å². The predicted molar refractivity (Wildman–Crippen MR) is 63.6 cm³/mol. The molecule has 3 heteroatoms. The fraction of sp³-hybridized carbons (Fsp3) is 0.417. The third-order valence-corrected chi connectivity index (χ3v) is 2.37. The van der Waals surface area contributed by atoms with Crippen LogP contribution in [-0.4, -0.2) is 12.6 Å². The van der Waals surface area contributed by atoms with E-state index in [2.05, 4.69) is 13.0 Å². The van der Waals surface area contributed by atoms with Crippen LogP contribution in [0.1, 0.15) is 20.3 Å². The minimum atomic E-state index is -0.144. The van der Waals surface area contributed by atoms with Crippen molar-refractivity contribution in [2.45, 2.75) is 26.3 Å². The standard InChI is InChI=1S/C12H17N3/c1-3-8-15(10(2)9-13)12-7-5-4-6-11(12)14/h4-7,10H,3,8,14H2,1-2H3. The maximum Gasteiger partial charge on any atom is 0.114 e. The van der Waals surface area contributed by atoms with Crippen molar-refractivity contribution < 1.29 is 0 Å². The Balaban J connectivity index is 3.00. The molecule has 15 heavy (non-hydrogen) atoms. The third-order valence-electron chi connectivity index (χ3n) is 2.37. The van der Waals surface area contributed by atoms with E-state index in [9.17, 15) is 0 Å². The molecule has 1 aromatic carbocycles. The number of hydrogen-bond acceptors (Lipinski definition) is 3. The van der Waals surface area contributed by atoms with E-state index in [0.717, 1.165) is 24.3 Å². The van der Waals surface area contributed by atoms with Gasteiger partial charge in [0, 0.05) is 6.54 Å². The number of benzene rings is 1. The summed E-state index contributed by atoms with van der Waals surface area (Å²) in [5.74, 6) is 0. The number of rotatable bonds is 4. The molecule has 0 fully saturated rings. The molecule has 0 aliphatic heterocycles.